The second kappa shape index (κ2) is 4.64. The Morgan fingerprint density at radius 3 is 2.69 bits per heavy atom. The van der Waals surface area contributed by atoms with Crippen molar-refractivity contribution in [2.24, 2.45) is 0 Å². The zero-order valence-electron chi connectivity index (χ0n) is 7.55. The highest BCUT2D eigenvalue weighted by atomic mass is 16.7. The van der Waals surface area contributed by atoms with Crippen LogP contribution in [0.3, 0.4) is 0 Å². The summed E-state index contributed by atoms with van der Waals surface area (Å²) in [6, 6.07) is 0. The second-order valence-corrected chi connectivity index (χ2v) is 2.83. The van der Waals surface area contributed by atoms with Crippen LogP contribution in [0.15, 0.2) is 5.57 Å². The summed E-state index contributed by atoms with van der Waals surface area (Å²) in [6.07, 6.45) is 6.51. The molecule has 1 rings (SSSR count). The maximum atomic E-state index is 10.9. The number of nitrogens with one attached hydrogen (secondary N) is 1. The highest BCUT2D eigenvalue weighted by molar-refractivity contribution is 6.18. The molecule has 1 amide bonds. The Morgan fingerprint density at radius 1 is 1.38 bits per heavy atom. The number of hydrogen-bond acceptors (Lipinski definition) is 3. The molecular weight excluding hydrogens is 170 g/mol. The van der Waals surface area contributed by atoms with Gasteiger partial charge in [0.2, 0.25) is 0 Å². The second-order valence-electron chi connectivity index (χ2n) is 2.83. The largest absolute Gasteiger partial charge is 0.368 e. The lowest BCUT2D eigenvalue weighted by atomic mass is 10.1. The van der Waals surface area contributed by atoms with E-state index in [1.54, 1.807) is 0 Å². The van der Waals surface area contributed by atoms with E-state index in [4.69, 9.17) is 0 Å². The third-order valence-electron chi connectivity index (χ3n) is 1.75. The number of hydrogen-bond donors (Lipinski definition) is 1. The molecule has 1 aliphatic rings. The first-order valence-corrected chi connectivity index (χ1v) is 4.38. The maximum absolute atomic E-state index is 10.9. The first-order chi connectivity index (χ1) is 6.25. The normalized spacial score (nSPS) is 19.0. The van der Waals surface area contributed by atoms with E-state index < -0.39 is 11.9 Å². The van der Waals surface area contributed by atoms with Gasteiger partial charge in [0, 0.05) is 0 Å². The fourth-order valence-electron chi connectivity index (χ4n) is 1.03. The zero-order valence-corrected chi connectivity index (χ0v) is 7.55. The predicted molar refractivity (Wildman–Crippen MR) is 45.1 cm³/mol. The Kier molecular flexibility index (Phi) is 3.49. The molecule has 0 atom stereocenters. The van der Waals surface area contributed by atoms with Crippen LogP contribution in [0.1, 0.15) is 32.6 Å². The van der Waals surface area contributed by atoms with Crippen LogP contribution in [0.25, 0.3) is 0 Å². The standard InChI is InChI=1S/C9H12NO3/c1-2-3-4-5-6-7-8(11)10-13-9(7)12/h2-5H2,1H3,(H,10,11). The third kappa shape index (κ3) is 2.57. The quantitative estimate of drug-likeness (QED) is 0.399. The van der Waals surface area contributed by atoms with E-state index in [0.717, 1.165) is 19.3 Å². The minimum atomic E-state index is -0.624. The highest BCUT2D eigenvalue weighted by Gasteiger charge is 2.27. The molecule has 0 aliphatic carbocycles. The number of carbonyl (C=O) groups is 2. The van der Waals surface area contributed by atoms with Crippen molar-refractivity contribution in [2.45, 2.75) is 32.6 Å². The smallest absolute Gasteiger partial charge is 0.335 e. The molecule has 4 heteroatoms. The lowest BCUT2D eigenvalue weighted by molar-refractivity contribution is -0.143. The molecule has 4 nitrogen and oxygen atoms in total. The van der Waals surface area contributed by atoms with Crippen molar-refractivity contribution in [3.63, 3.8) is 0 Å². The minimum absolute atomic E-state index is 0.0103. The Hall–Kier alpha value is -1.32. The third-order valence-corrected chi connectivity index (χ3v) is 1.75. The number of carbonyl (C=O) groups excluding carboxylic acids is 2. The summed E-state index contributed by atoms with van der Waals surface area (Å²) < 4.78 is 0. The molecular formula is C9H12NO3. The lowest BCUT2D eigenvalue weighted by Gasteiger charge is -1.91. The molecule has 1 N–H and O–H groups in total. The molecule has 1 radical (unpaired) electrons. The van der Waals surface area contributed by atoms with Crippen molar-refractivity contribution < 1.29 is 14.4 Å². The van der Waals surface area contributed by atoms with Crippen LogP contribution in [0.2, 0.25) is 0 Å². The molecule has 1 saturated heterocycles. The van der Waals surface area contributed by atoms with Crippen LogP contribution in [-0.2, 0) is 14.4 Å². The number of rotatable bonds is 4. The molecule has 1 aliphatic heterocycles. The van der Waals surface area contributed by atoms with Crippen molar-refractivity contribution in [2.75, 3.05) is 0 Å². The van der Waals surface area contributed by atoms with E-state index in [0.29, 0.717) is 6.42 Å². The van der Waals surface area contributed by atoms with Crippen LogP contribution >= 0.6 is 0 Å². The summed E-state index contributed by atoms with van der Waals surface area (Å²) in [6.45, 7) is 2.09. The van der Waals surface area contributed by atoms with Crippen molar-refractivity contribution in [1.82, 2.24) is 5.48 Å². The Bertz CT molecular complexity index is 227. The number of allylic oxidation sites excluding steroid dienone is 1. The summed E-state index contributed by atoms with van der Waals surface area (Å²) in [4.78, 5) is 26.0. The van der Waals surface area contributed by atoms with Gasteiger partial charge in [0.1, 0.15) is 5.57 Å². The van der Waals surface area contributed by atoms with E-state index in [2.05, 4.69) is 17.8 Å². The average molecular weight is 182 g/mol. The first-order valence-electron chi connectivity index (χ1n) is 4.38. The van der Waals surface area contributed by atoms with E-state index in [1.165, 1.54) is 0 Å². The van der Waals surface area contributed by atoms with E-state index in [9.17, 15) is 9.59 Å². The topological polar surface area (TPSA) is 55.4 Å². The van der Waals surface area contributed by atoms with Gasteiger partial charge in [-0.3, -0.25) is 4.79 Å². The molecule has 71 valence electrons. The fraction of sp³-hybridized carbons (Fsp3) is 0.556. The van der Waals surface area contributed by atoms with Gasteiger partial charge in [-0.2, -0.15) is 5.48 Å². The Morgan fingerprint density at radius 2 is 2.15 bits per heavy atom. The summed E-state index contributed by atoms with van der Waals surface area (Å²) in [5.74, 6) is -1.11. The molecule has 0 bridgehead atoms. The van der Waals surface area contributed by atoms with Crippen LogP contribution in [0.5, 0.6) is 0 Å². The van der Waals surface area contributed by atoms with Gasteiger partial charge in [0.25, 0.3) is 5.91 Å². The number of amides is 1. The van der Waals surface area contributed by atoms with Gasteiger partial charge in [-0.25, -0.2) is 4.79 Å². The van der Waals surface area contributed by atoms with E-state index in [-0.39, 0.29) is 5.57 Å². The molecule has 13 heavy (non-hydrogen) atoms. The maximum Gasteiger partial charge on any atom is 0.368 e. The predicted octanol–water partition coefficient (Wildman–Crippen LogP) is 0.884. The summed E-state index contributed by atoms with van der Waals surface area (Å²) in [5.41, 5.74) is 1.98. The summed E-state index contributed by atoms with van der Waals surface area (Å²) in [5, 5.41) is 0. The molecule has 0 aromatic heterocycles. The van der Waals surface area contributed by atoms with Crippen LogP contribution < -0.4 is 5.48 Å². The van der Waals surface area contributed by atoms with Gasteiger partial charge in [-0.1, -0.05) is 19.8 Å². The number of unbranched alkanes of at least 4 members (excludes halogenated alkanes) is 3. The summed E-state index contributed by atoms with van der Waals surface area (Å²) >= 11 is 0. The molecule has 0 aromatic rings. The lowest BCUT2D eigenvalue weighted by Crippen LogP contribution is -2.12. The van der Waals surface area contributed by atoms with E-state index in [1.807, 2.05) is 5.48 Å². The van der Waals surface area contributed by atoms with Gasteiger partial charge in [0.15, 0.2) is 0 Å². The van der Waals surface area contributed by atoms with Gasteiger partial charge in [-0.15, -0.1) is 0 Å². The SMILES string of the molecule is CCCCC/[C]=C1/C(=O)NOC1=O. The fourth-order valence-corrected chi connectivity index (χ4v) is 1.03. The highest BCUT2D eigenvalue weighted by Crippen LogP contribution is 2.08. The molecule has 1 fully saturated rings. The Balaban J connectivity index is 2.40. The van der Waals surface area contributed by atoms with Gasteiger partial charge in [-0.05, 0) is 18.9 Å². The van der Waals surface area contributed by atoms with Crippen LogP contribution in [0, 0.1) is 6.08 Å². The molecule has 1 heterocycles. The van der Waals surface area contributed by atoms with E-state index >= 15 is 0 Å². The van der Waals surface area contributed by atoms with Crippen molar-refractivity contribution in [3.05, 3.63) is 11.6 Å². The Labute approximate surface area is 76.9 Å². The van der Waals surface area contributed by atoms with Crippen LogP contribution in [0.4, 0.5) is 0 Å². The van der Waals surface area contributed by atoms with Gasteiger partial charge in [0.05, 0.1) is 0 Å². The molecule has 0 aromatic carbocycles. The molecule has 0 unspecified atom stereocenters. The monoisotopic (exact) mass is 182 g/mol. The van der Waals surface area contributed by atoms with Gasteiger partial charge >= 0.3 is 5.97 Å². The summed E-state index contributed by atoms with van der Waals surface area (Å²) in [7, 11) is 0. The van der Waals surface area contributed by atoms with Crippen molar-refractivity contribution in [3.8, 4) is 0 Å². The first kappa shape index (κ1) is 9.77. The van der Waals surface area contributed by atoms with Gasteiger partial charge < -0.3 is 4.84 Å². The minimum Gasteiger partial charge on any atom is -0.335 e. The molecule has 0 spiro atoms. The number of hydroxylamine groups is 1. The van der Waals surface area contributed by atoms with Crippen molar-refractivity contribution in [1.29, 1.82) is 0 Å². The molecule has 0 saturated carbocycles. The average Bonchev–Trinajstić information content (AvgIpc) is 2.42. The van der Waals surface area contributed by atoms with Crippen molar-refractivity contribution >= 4 is 11.9 Å². The van der Waals surface area contributed by atoms with Crippen LogP contribution in [-0.4, -0.2) is 11.9 Å². The zero-order chi connectivity index (χ0) is 9.68.